The molecule has 1 N–H and O–H groups in total. The van der Waals surface area contributed by atoms with Gasteiger partial charge in [0.1, 0.15) is 5.76 Å². The Labute approximate surface area is 128 Å². The van der Waals surface area contributed by atoms with Crippen LogP contribution in [-0.2, 0) is 6.54 Å². The molecule has 3 heterocycles. The van der Waals surface area contributed by atoms with Crippen LogP contribution in [0.2, 0.25) is 0 Å². The molecule has 0 unspecified atom stereocenters. The number of pyridine rings is 1. The summed E-state index contributed by atoms with van der Waals surface area (Å²) in [7, 11) is 0. The number of aromatic nitrogens is 1. The summed E-state index contributed by atoms with van der Waals surface area (Å²) in [6, 6.07) is 8.70. The Hall–Kier alpha value is -2.34. The molecule has 0 spiro atoms. The Balaban J connectivity index is 1.72. The van der Waals surface area contributed by atoms with E-state index in [1.54, 1.807) is 39.9 Å². The smallest absolute Gasteiger partial charge is 0.289 e. The molecule has 6 heteroatoms. The second-order valence-corrected chi connectivity index (χ2v) is 5.54. The zero-order valence-electron chi connectivity index (χ0n) is 12.5. The summed E-state index contributed by atoms with van der Waals surface area (Å²) >= 11 is 0. The number of carbonyl (C=O) groups excluding carboxylic acids is 1. The fourth-order valence-electron chi connectivity index (χ4n) is 2.61. The molecule has 0 bridgehead atoms. The van der Waals surface area contributed by atoms with Gasteiger partial charge in [-0.2, -0.15) is 0 Å². The molecule has 1 atom stereocenters. The van der Waals surface area contributed by atoms with Crippen LogP contribution in [0.1, 0.15) is 23.2 Å². The van der Waals surface area contributed by atoms with E-state index in [1.807, 2.05) is 0 Å². The maximum absolute atomic E-state index is 12.4. The highest BCUT2D eigenvalue weighted by molar-refractivity contribution is 5.91. The first-order chi connectivity index (χ1) is 10.6. The molecule has 0 aromatic carbocycles. The maximum atomic E-state index is 12.4. The number of amides is 1. The summed E-state index contributed by atoms with van der Waals surface area (Å²) in [6.45, 7) is 4.52. The van der Waals surface area contributed by atoms with Crippen LogP contribution in [0.25, 0.3) is 0 Å². The monoisotopic (exact) mass is 301 g/mol. The maximum Gasteiger partial charge on any atom is 0.289 e. The van der Waals surface area contributed by atoms with Gasteiger partial charge >= 0.3 is 0 Å². The minimum absolute atomic E-state index is 0.0947. The van der Waals surface area contributed by atoms with Crippen molar-refractivity contribution in [3.63, 3.8) is 0 Å². The fraction of sp³-hybridized carbons (Fsp3) is 0.375. The quantitative estimate of drug-likeness (QED) is 0.915. The predicted molar refractivity (Wildman–Crippen MR) is 81.9 cm³/mol. The molecule has 1 saturated heterocycles. The summed E-state index contributed by atoms with van der Waals surface area (Å²) in [5, 5.41) is 3.30. The Morgan fingerprint density at radius 3 is 3.00 bits per heavy atom. The molecule has 0 radical (unpaired) electrons. The highest BCUT2D eigenvalue weighted by Crippen LogP contribution is 2.13. The normalized spacial score (nSPS) is 18.4. The summed E-state index contributed by atoms with van der Waals surface area (Å²) in [4.78, 5) is 25.9. The van der Waals surface area contributed by atoms with Gasteiger partial charge in [-0.25, -0.2) is 0 Å². The molecule has 2 aromatic rings. The molecule has 1 aliphatic heterocycles. The van der Waals surface area contributed by atoms with Crippen LogP contribution < -0.4 is 10.9 Å². The first kappa shape index (κ1) is 14.6. The standard InChI is InChI=1S/C16H19N3O3/c1-12-10-19(9-7-17-12)16(21)14-6-5-13(22-14)11-18-8-3-2-4-15(18)20/h2-6,8,12,17H,7,9-11H2,1H3/t12-/m0/s1. The van der Waals surface area contributed by atoms with E-state index in [9.17, 15) is 9.59 Å². The van der Waals surface area contributed by atoms with E-state index >= 15 is 0 Å². The molecule has 0 saturated carbocycles. The lowest BCUT2D eigenvalue weighted by Gasteiger charge is -2.31. The van der Waals surface area contributed by atoms with Crippen molar-refractivity contribution in [3.05, 3.63) is 58.4 Å². The van der Waals surface area contributed by atoms with Crippen molar-refractivity contribution in [3.8, 4) is 0 Å². The number of carbonyl (C=O) groups is 1. The lowest BCUT2D eigenvalue weighted by molar-refractivity contribution is 0.0675. The minimum atomic E-state index is -0.0972. The topological polar surface area (TPSA) is 67.5 Å². The van der Waals surface area contributed by atoms with Crippen molar-refractivity contribution in [2.75, 3.05) is 19.6 Å². The van der Waals surface area contributed by atoms with Crippen molar-refractivity contribution in [2.24, 2.45) is 0 Å². The van der Waals surface area contributed by atoms with Gasteiger partial charge < -0.3 is 19.2 Å². The Morgan fingerprint density at radius 2 is 2.23 bits per heavy atom. The first-order valence-corrected chi connectivity index (χ1v) is 7.40. The fourth-order valence-corrected chi connectivity index (χ4v) is 2.61. The zero-order chi connectivity index (χ0) is 15.5. The summed E-state index contributed by atoms with van der Waals surface area (Å²) in [6.07, 6.45) is 1.70. The molecule has 22 heavy (non-hydrogen) atoms. The van der Waals surface area contributed by atoms with Crippen molar-refractivity contribution in [1.29, 1.82) is 0 Å². The molecule has 116 valence electrons. The van der Waals surface area contributed by atoms with Crippen LogP contribution in [0.15, 0.2) is 45.7 Å². The third kappa shape index (κ3) is 3.12. The molecular formula is C16H19N3O3. The van der Waals surface area contributed by atoms with Gasteiger partial charge in [-0.05, 0) is 25.1 Å². The molecule has 1 fully saturated rings. The third-order valence-electron chi connectivity index (χ3n) is 3.75. The number of piperazine rings is 1. The first-order valence-electron chi connectivity index (χ1n) is 7.40. The number of furan rings is 1. The third-order valence-corrected chi connectivity index (χ3v) is 3.75. The second kappa shape index (κ2) is 6.19. The summed E-state index contributed by atoms with van der Waals surface area (Å²) in [5.74, 6) is 0.827. The molecular weight excluding hydrogens is 282 g/mol. The second-order valence-electron chi connectivity index (χ2n) is 5.54. The van der Waals surface area contributed by atoms with Gasteiger partial charge in [-0.1, -0.05) is 6.07 Å². The van der Waals surface area contributed by atoms with Crippen molar-refractivity contribution in [1.82, 2.24) is 14.8 Å². The van der Waals surface area contributed by atoms with Gasteiger partial charge in [0.15, 0.2) is 5.76 Å². The highest BCUT2D eigenvalue weighted by Gasteiger charge is 2.23. The average molecular weight is 301 g/mol. The van der Waals surface area contributed by atoms with Crippen LogP contribution in [0.5, 0.6) is 0 Å². The van der Waals surface area contributed by atoms with Crippen molar-refractivity contribution < 1.29 is 9.21 Å². The number of hydrogen-bond acceptors (Lipinski definition) is 4. The lowest BCUT2D eigenvalue weighted by Crippen LogP contribution is -2.51. The van der Waals surface area contributed by atoms with Gasteiger partial charge in [0.05, 0.1) is 6.54 Å². The number of rotatable bonds is 3. The summed E-state index contributed by atoms with van der Waals surface area (Å²) < 4.78 is 7.16. The highest BCUT2D eigenvalue weighted by atomic mass is 16.4. The summed E-state index contributed by atoms with van der Waals surface area (Å²) in [5.41, 5.74) is -0.0947. The van der Waals surface area contributed by atoms with E-state index in [0.717, 1.165) is 6.54 Å². The van der Waals surface area contributed by atoms with Crippen LogP contribution in [0, 0.1) is 0 Å². The van der Waals surface area contributed by atoms with Crippen LogP contribution in [-0.4, -0.2) is 41.1 Å². The Bertz CT molecular complexity index is 719. The Kier molecular flexibility index (Phi) is 4.11. The largest absolute Gasteiger partial charge is 0.454 e. The van der Waals surface area contributed by atoms with E-state index in [0.29, 0.717) is 31.2 Å². The van der Waals surface area contributed by atoms with Gasteiger partial charge in [-0.15, -0.1) is 0 Å². The van der Waals surface area contributed by atoms with Crippen LogP contribution in [0.4, 0.5) is 0 Å². The van der Waals surface area contributed by atoms with Gasteiger partial charge in [0.2, 0.25) is 0 Å². The van der Waals surface area contributed by atoms with Crippen molar-refractivity contribution >= 4 is 5.91 Å². The molecule has 0 aliphatic carbocycles. The van der Waals surface area contributed by atoms with Crippen LogP contribution >= 0.6 is 0 Å². The number of nitrogens with one attached hydrogen (secondary N) is 1. The van der Waals surface area contributed by atoms with Gasteiger partial charge in [0, 0.05) is 37.9 Å². The van der Waals surface area contributed by atoms with E-state index in [4.69, 9.17) is 4.42 Å². The van der Waals surface area contributed by atoms with E-state index < -0.39 is 0 Å². The number of hydrogen-bond donors (Lipinski definition) is 1. The molecule has 1 aliphatic rings. The molecule has 2 aromatic heterocycles. The molecule has 3 rings (SSSR count). The van der Waals surface area contributed by atoms with Crippen LogP contribution in [0.3, 0.4) is 0 Å². The van der Waals surface area contributed by atoms with E-state index in [1.165, 1.54) is 6.07 Å². The Morgan fingerprint density at radius 1 is 1.36 bits per heavy atom. The molecule has 1 amide bonds. The van der Waals surface area contributed by atoms with E-state index in [-0.39, 0.29) is 17.5 Å². The predicted octanol–water partition coefficient (Wildman–Crippen LogP) is 0.923. The lowest BCUT2D eigenvalue weighted by atomic mass is 10.2. The average Bonchev–Trinajstić information content (AvgIpc) is 2.97. The zero-order valence-corrected chi connectivity index (χ0v) is 12.5. The van der Waals surface area contributed by atoms with Gasteiger partial charge in [0.25, 0.3) is 11.5 Å². The van der Waals surface area contributed by atoms with Gasteiger partial charge in [-0.3, -0.25) is 9.59 Å². The van der Waals surface area contributed by atoms with E-state index in [2.05, 4.69) is 12.2 Å². The minimum Gasteiger partial charge on any atom is -0.454 e. The van der Waals surface area contributed by atoms with Crippen molar-refractivity contribution in [2.45, 2.75) is 19.5 Å². The molecule has 6 nitrogen and oxygen atoms in total. The number of nitrogens with zero attached hydrogens (tertiary/aromatic N) is 2. The SMILES string of the molecule is C[C@H]1CN(C(=O)c2ccc(Cn3ccccc3=O)o2)CCN1.